The summed E-state index contributed by atoms with van der Waals surface area (Å²) in [6.45, 7) is 1.84. The van der Waals surface area contributed by atoms with Crippen molar-refractivity contribution in [2.75, 3.05) is 13.2 Å². The normalized spacial score (nSPS) is 11.2. The molecule has 1 amide bonds. The minimum Gasteiger partial charge on any atom is -0.481 e. The molecule has 0 aliphatic heterocycles. The summed E-state index contributed by atoms with van der Waals surface area (Å²) < 4.78 is 28.5. The highest BCUT2D eigenvalue weighted by atomic mass is 79.9. The Labute approximate surface area is 124 Å². The summed E-state index contributed by atoms with van der Waals surface area (Å²) in [7, 11) is -4.01. The highest BCUT2D eigenvalue weighted by Crippen LogP contribution is 2.34. The zero-order valence-electron chi connectivity index (χ0n) is 9.94. The molecular formula is C10H12BrClN2O4S. The molecule has 9 heteroatoms. The molecule has 0 saturated heterocycles. The fourth-order valence-corrected chi connectivity index (χ4v) is 3.06. The maximum Gasteiger partial charge on any atom is 0.257 e. The summed E-state index contributed by atoms with van der Waals surface area (Å²) in [5, 5.41) is 7.62. The summed E-state index contributed by atoms with van der Waals surface area (Å²) >= 11 is 9.00. The molecule has 0 atom stereocenters. The van der Waals surface area contributed by atoms with Crippen LogP contribution in [0.4, 0.5) is 0 Å². The molecule has 1 rings (SSSR count). The highest BCUT2D eigenvalue weighted by molar-refractivity contribution is 9.10. The van der Waals surface area contributed by atoms with E-state index in [0.29, 0.717) is 11.0 Å². The lowest BCUT2D eigenvalue weighted by molar-refractivity contribution is -0.123. The van der Waals surface area contributed by atoms with Gasteiger partial charge in [-0.25, -0.2) is 13.6 Å². The third kappa shape index (κ3) is 4.64. The second kappa shape index (κ2) is 6.56. The number of sulfonamides is 1. The Morgan fingerprint density at radius 3 is 2.68 bits per heavy atom. The van der Waals surface area contributed by atoms with E-state index >= 15 is 0 Å². The second-order valence-corrected chi connectivity index (χ2v) is 6.35. The van der Waals surface area contributed by atoms with Crippen molar-refractivity contribution in [2.24, 2.45) is 5.14 Å². The molecule has 0 fully saturated rings. The number of hydrogen-bond donors (Lipinski definition) is 2. The molecule has 1 aromatic carbocycles. The first-order chi connectivity index (χ1) is 8.75. The number of hydrogen-bond acceptors (Lipinski definition) is 4. The Balaban J connectivity index is 3.09. The number of halogens is 2. The Hall–Kier alpha value is -0.830. The van der Waals surface area contributed by atoms with E-state index in [1.165, 1.54) is 12.1 Å². The smallest absolute Gasteiger partial charge is 0.257 e. The Morgan fingerprint density at radius 2 is 2.16 bits per heavy atom. The Morgan fingerprint density at radius 1 is 1.53 bits per heavy atom. The van der Waals surface area contributed by atoms with Crippen LogP contribution in [0.1, 0.15) is 6.92 Å². The summed E-state index contributed by atoms with van der Waals surface area (Å²) in [6.07, 6.45) is 0. The molecule has 19 heavy (non-hydrogen) atoms. The summed E-state index contributed by atoms with van der Waals surface area (Å²) in [5.74, 6) is -0.527. The standard InChI is InChI=1S/C10H12BrClN2O4S/c1-2-14-9(15)5-18-10-7(12)3-6(11)4-8(10)19(13,16)17/h3-4H,2,5H2,1H3,(H,14,15)(H2,13,16,17). The number of carbonyl (C=O) groups is 1. The van der Waals surface area contributed by atoms with Crippen LogP contribution >= 0.6 is 27.5 Å². The van der Waals surface area contributed by atoms with E-state index in [1.54, 1.807) is 6.92 Å². The van der Waals surface area contributed by atoms with Gasteiger partial charge in [-0.05, 0) is 19.1 Å². The van der Waals surface area contributed by atoms with Crippen LogP contribution in [0.25, 0.3) is 0 Å². The molecule has 0 radical (unpaired) electrons. The van der Waals surface area contributed by atoms with Gasteiger partial charge in [0, 0.05) is 11.0 Å². The SMILES string of the molecule is CCNC(=O)COc1c(Cl)cc(Br)cc1S(N)(=O)=O. The van der Waals surface area contributed by atoms with Crippen molar-refractivity contribution >= 4 is 43.5 Å². The van der Waals surface area contributed by atoms with Crippen molar-refractivity contribution in [3.05, 3.63) is 21.6 Å². The van der Waals surface area contributed by atoms with Gasteiger partial charge >= 0.3 is 0 Å². The molecule has 6 nitrogen and oxygen atoms in total. The van der Waals surface area contributed by atoms with Crippen LogP contribution in [0.5, 0.6) is 5.75 Å². The molecule has 3 N–H and O–H groups in total. The van der Waals surface area contributed by atoms with Gasteiger partial charge in [0.15, 0.2) is 12.4 Å². The van der Waals surface area contributed by atoms with E-state index in [9.17, 15) is 13.2 Å². The Kier molecular flexibility index (Phi) is 5.60. The van der Waals surface area contributed by atoms with Crippen LogP contribution in [0.15, 0.2) is 21.5 Å². The molecule has 1 aromatic rings. The molecule has 106 valence electrons. The number of rotatable bonds is 5. The van der Waals surface area contributed by atoms with Gasteiger partial charge in [-0.3, -0.25) is 4.79 Å². The topological polar surface area (TPSA) is 98.5 Å². The number of carbonyl (C=O) groups excluding carboxylic acids is 1. The van der Waals surface area contributed by atoms with E-state index in [1.807, 2.05) is 0 Å². The average molecular weight is 372 g/mol. The van der Waals surface area contributed by atoms with Crippen molar-refractivity contribution in [1.29, 1.82) is 0 Å². The summed E-state index contributed by atoms with van der Waals surface area (Å²) in [5.41, 5.74) is 0. The van der Waals surface area contributed by atoms with Gasteiger partial charge in [-0.1, -0.05) is 27.5 Å². The van der Waals surface area contributed by atoms with E-state index in [0.717, 1.165) is 0 Å². The Bertz CT molecular complexity index is 591. The maximum absolute atomic E-state index is 11.4. The minimum absolute atomic E-state index is 0.0442. The van der Waals surface area contributed by atoms with Crippen LogP contribution in [0.2, 0.25) is 5.02 Å². The lowest BCUT2D eigenvalue weighted by atomic mass is 10.3. The van der Waals surface area contributed by atoms with Crippen LogP contribution in [-0.2, 0) is 14.8 Å². The molecule has 0 spiro atoms. The number of likely N-dealkylation sites (N-methyl/N-ethyl adjacent to an activating group) is 1. The molecule has 0 unspecified atom stereocenters. The van der Waals surface area contributed by atoms with Gasteiger partial charge < -0.3 is 10.1 Å². The molecule has 0 saturated carbocycles. The molecule has 0 heterocycles. The van der Waals surface area contributed by atoms with E-state index in [2.05, 4.69) is 21.2 Å². The maximum atomic E-state index is 11.4. The fourth-order valence-electron chi connectivity index (χ4n) is 1.27. The van der Waals surface area contributed by atoms with Crippen molar-refractivity contribution in [3.8, 4) is 5.75 Å². The number of benzene rings is 1. The third-order valence-electron chi connectivity index (χ3n) is 2.00. The zero-order valence-corrected chi connectivity index (χ0v) is 13.1. The molecular weight excluding hydrogens is 360 g/mol. The van der Waals surface area contributed by atoms with Gasteiger partial charge in [0.05, 0.1) is 5.02 Å². The van der Waals surface area contributed by atoms with Crippen molar-refractivity contribution in [2.45, 2.75) is 11.8 Å². The third-order valence-corrected chi connectivity index (χ3v) is 3.66. The number of primary sulfonamides is 1. The van der Waals surface area contributed by atoms with Gasteiger partial charge in [0.25, 0.3) is 5.91 Å². The number of nitrogens with two attached hydrogens (primary N) is 1. The van der Waals surface area contributed by atoms with Crippen molar-refractivity contribution in [1.82, 2.24) is 5.32 Å². The van der Waals surface area contributed by atoms with E-state index in [-0.39, 0.29) is 28.2 Å². The predicted octanol–water partition coefficient (Wildman–Crippen LogP) is 1.26. The summed E-state index contributed by atoms with van der Waals surface area (Å²) in [6, 6.07) is 2.71. The minimum atomic E-state index is -4.01. The van der Waals surface area contributed by atoms with Crippen molar-refractivity contribution in [3.63, 3.8) is 0 Å². The molecule has 0 aromatic heterocycles. The largest absolute Gasteiger partial charge is 0.481 e. The lowest BCUT2D eigenvalue weighted by Crippen LogP contribution is -2.29. The fraction of sp³-hybridized carbons (Fsp3) is 0.300. The van der Waals surface area contributed by atoms with E-state index in [4.69, 9.17) is 21.5 Å². The lowest BCUT2D eigenvalue weighted by Gasteiger charge is -2.12. The number of nitrogens with one attached hydrogen (secondary N) is 1. The number of ether oxygens (including phenoxy) is 1. The van der Waals surface area contributed by atoms with Crippen LogP contribution in [0, 0.1) is 0 Å². The summed E-state index contributed by atoms with van der Waals surface area (Å²) in [4.78, 5) is 11.0. The molecule has 0 aliphatic rings. The zero-order chi connectivity index (χ0) is 14.6. The monoisotopic (exact) mass is 370 g/mol. The number of amides is 1. The quantitative estimate of drug-likeness (QED) is 0.814. The first kappa shape index (κ1) is 16.2. The average Bonchev–Trinajstić information content (AvgIpc) is 2.26. The van der Waals surface area contributed by atoms with E-state index < -0.39 is 10.0 Å². The van der Waals surface area contributed by atoms with Crippen molar-refractivity contribution < 1.29 is 17.9 Å². The predicted molar refractivity (Wildman–Crippen MR) is 74.7 cm³/mol. The van der Waals surface area contributed by atoms with Crippen LogP contribution in [-0.4, -0.2) is 27.5 Å². The first-order valence-corrected chi connectivity index (χ1v) is 7.88. The van der Waals surface area contributed by atoms with Gasteiger partial charge in [-0.2, -0.15) is 0 Å². The molecule has 0 bridgehead atoms. The van der Waals surface area contributed by atoms with Gasteiger partial charge in [0.1, 0.15) is 4.90 Å². The highest BCUT2D eigenvalue weighted by Gasteiger charge is 2.20. The molecule has 0 aliphatic carbocycles. The van der Waals surface area contributed by atoms with Crippen LogP contribution in [0.3, 0.4) is 0 Å². The van der Waals surface area contributed by atoms with Gasteiger partial charge in [-0.15, -0.1) is 0 Å². The van der Waals surface area contributed by atoms with Crippen LogP contribution < -0.4 is 15.2 Å². The second-order valence-electron chi connectivity index (χ2n) is 3.50. The van der Waals surface area contributed by atoms with Gasteiger partial charge in [0.2, 0.25) is 10.0 Å². The first-order valence-electron chi connectivity index (χ1n) is 5.17.